The van der Waals surface area contributed by atoms with E-state index in [4.69, 9.17) is 0 Å². The highest BCUT2D eigenvalue weighted by Gasteiger charge is 2.06. The maximum atomic E-state index is 11.7. The fraction of sp³-hybridized carbons (Fsp3) is 0.533. The molecular weight excluding hydrogens is 309 g/mol. The van der Waals surface area contributed by atoms with E-state index in [2.05, 4.69) is 29.8 Å². The lowest BCUT2D eigenvalue weighted by molar-refractivity contribution is -0.119. The van der Waals surface area contributed by atoms with Crippen molar-refractivity contribution >= 4 is 36.4 Å². The van der Waals surface area contributed by atoms with E-state index in [9.17, 15) is 4.79 Å². The molecule has 1 aromatic rings. The van der Waals surface area contributed by atoms with E-state index in [-0.39, 0.29) is 30.7 Å². The second kappa shape index (κ2) is 11.7. The van der Waals surface area contributed by atoms with Crippen LogP contribution in [-0.2, 0) is 4.79 Å². The zero-order chi connectivity index (χ0) is 14.3. The van der Waals surface area contributed by atoms with E-state index in [1.807, 2.05) is 32.0 Å². The molecule has 122 valence electrons. The Labute approximate surface area is 140 Å². The summed E-state index contributed by atoms with van der Waals surface area (Å²) in [5.41, 5.74) is 3.38. The number of likely N-dealkylation sites (N-methyl/N-ethyl adjacent to an activating group) is 1. The number of nitrogens with one attached hydrogen (secondary N) is 3. The summed E-state index contributed by atoms with van der Waals surface area (Å²) in [5, 5.41) is 9.37. The van der Waals surface area contributed by atoms with Gasteiger partial charge in [-0.2, -0.15) is 0 Å². The lowest BCUT2D eigenvalue weighted by Crippen LogP contribution is -2.40. The van der Waals surface area contributed by atoms with E-state index < -0.39 is 0 Å². The lowest BCUT2D eigenvalue weighted by Gasteiger charge is -2.15. The molecule has 0 saturated heterocycles. The summed E-state index contributed by atoms with van der Waals surface area (Å²) in [6.45, 7) is 10.1. The first-order valence-electron chi connectivity index (χ1n) is 6.84. The van der Waals surface area contributed by atoms with E-state index >= 15 is 0 Å². The normalized spacial score (nSPS) is 10.9. The van der Waals surface area contributed by atoms with E-state index in [0.717, 1.165) is 23.4 Å². The van der Waals surface area contributed by atoms with Gasteiger partial charge in [-0.15, -0.1) is 24.8 Å². The Morgan fingerprint density at radius 2 is 1.76 bits per heavy atom. The standard InChI is InChI=1S/C15H25N3O.2ClH/c1-5-16-13(4)9-17-14(19)10-18-15-11(2)7-6-8-12(15)3;;/h6-8,13,16,18H,5,9-10H2,1-4H3,(H,17,19);2*1H/t13-;;/m1../s1. The number of anilines is 1. The Morgan fingerprint density at radius 3 is 2.29 bits per heavy atom. The molecule has 0 aliphatic rings. The van der Waals surface area contributed by atoms with Crippen molar-refractivity contribution in [3.05, 3.63) is 29.3 Å². The van der Waals surface area contributed by atoms with Crippen LogP contribution in [0.3, 0.4) is 0 Å². The molecule has 0 unspecified atom stereocenters. The van der Waals surface area contributed by atoms with Gasteiger partial charge >= 0.3 is 0 Å². The highest BCUT2D eigenvalue weighted by Crippen LogP contribution is 2.18. The third-order valence-electron chi connectivity index (χ3n) is 3.06. The molecule has 0 radical (unpaired) electrons. The molecule has 0 aliphatic heterocycles. The summed E-state index contributed by atoms with van der Waals surface area (Å²) in [6.07, 6.45) is 0. The topological polar surface area (TPSA) is 53.2 Å². The highest BCUT2D eigenvalue weighted by molar-refractivity contribution is 5.85. The minimum Gasteiger partial charge on any atom is -0.376 e. The first kappa shape index (κ1) is 22.3. The molecule has 0 aromatic heterocycles. The van der Waals surface area contributed by atoms with Crippen LogP contribution in [0.2, 0.25) is 0 Å². The third-order valence-corrected chi connectivity index (χ3v) is 3.06. The number of aryl methyl sites for hydroxylation is 2. The van der Waals surface area contributed by atoms with Gasteiger partial charge in [-0.25, -0.2) is 0 Å². The van der Waals surface area contributed by atoms with Gasteiger partial charge in [-0.05, 0) is 38.4 Å². The maximum Gasteiger partial charge on any atom is 0.239 e. The maximum absolute atomic E-state index is 11.7. The molecule has 0 saturated carbocycles. The van der Waals surface area contributed by atoms with Crippen molar-refractivity contribution in [2.45, 2.75) is 33.7 Å². The van der Waals surface area contributed by atoms with E-state index in [0.29, 0.717) is 19.1 Å². The quantitative estimate of drug-likeness (QED) is 0.718. The fourth-order valence-electron chi connectivity index (χ4n) is 2.01. The fourth-order valence-corrected chi connectivity index (χ4v) is 2.01. The van der Waals surface area contributed by atoms with Gasteiger partial charge in [0.2, 0.25) is 5.91 Å². The van der Waals surface area contributed by atoms with Gasteiger partial charge in [-0.1, -0.05) is 25.1 Å². The SMILES string of the molecule is CCN[C@H](C)CNC(=O)CNc1c(C)cccc1C.Cl.Cl. The summed E-state index contributed by atoms with van der Waals surface area (Å²) in [7, 11) is 0. The Balaban J connectivity index is 0. The zero-order valence-corrected chi connectivity index (χ0v) is 14.8. The van der Waals surface area contributed by atoms with Gasteiger partial charge in [0.05, 0.1) is 6.54 Å². The molecule has 0 aliphatic carbocycles. The van der Waals surface area contributed by atoms with Gasteiger partial charge < -0.3 is 16.0 Å². The highest BCUT2D eigenvalue weighted by atomic mass is 35.5. The molecule has 1 amide bonds. The van der Waals surface area contributed by atoms with Crippen molar-refractivity contribution in [3.8, 4) is 0 Å². The summed E-state index contributed by atoms with van der Waals surface area (Å²) in [5.74, 6) is 0.0207. The van der Waals surface area contributed by atoms with Crippen LogP contribution in [0.5, 0.6) is 0 Å². The van der Waals surface area contributed by atoms with Crippen molar-refractivity contribution in [1.82, 2.24) is 10.6 Å². The van der Waals surface area contributed by atoms with Crippen LogP contribution in [0.4, 0.5) is 5.69 Å². The Kier molecular flexibility index (Phi) is 12.4. The summed E-state index contributed by atoms with van der Waals surface area (Å²) in [6, 6.07) is 6.41. The number of carbonyl (C=O) groups excluding carboxylic acids is 1. The molecule has 21 heavy (non-hydrogen) atoms. The smallest absolute Gasteiger partial charge is 0.239 e. The molecule has 6 heteroatoms. The molecule has 0 bridgehead atoms. The van der Waals surface area contributed by atoms with Crippen LogP contribution in [0.1, 0.15) is 25.0 Å². The average Bonchev–Trinajstić information content (AvgIpc) is 2.36. The van der Waals surface area contributed by atoms with Crippen LogP contribution < -0.4 is 16.0 Å². The molecule has 1 aromatic carbocycles. The first-order valence-corrected chi connectivity index (χ1v) is 6.84. The van der Waals surface area contributed by atoms with Gasteiger partial charge in [0.15, 0.2) is 0 Å². The Bertz CT molecular complexity index is 407. The van der Waals surface area contributed by atoms with Crippen molar-refractivity contribution in [2.24, 2.45) is 0 Å². The third kappa shape index (κ3) is 8.15. The summed E-state index contributed by atoms with van der Waals surface area (Å²) in [4.78, 5) is 11.7. The van der Waals surface area contributed by atoms with Crippen LogP contribution in [-0.4, -0.2) is 31.6 Å². The number of rotatable bonds is 7. The van der Waals surface area contributed by atoms with Crippen LogP contribution in [0.15, 0.2) is 18.2 Å². The van der Waals surface area contributed by atoms with Crippen molar-refractivity contribution in [2.75, 3.05) is 25.0 Å². The number of hydrogen-bond acceptors (Lipinski definition) is 3. The van der Waals surface area contributed by atoms with Gasteiger partial charge in [0.1, 0.15) is 0 Å². The Morgan fingerprint density at radius 1 is 1.19 bits per heavy atom. The molecular formula is C15H27Cl2N3O. The largest absolute Gasteiger partial charge is 0.376 e. The molecule has 0 spiro atoms. The predicted octanol–water partition coefficient (Wildman–Crippen LogP) is 2.67. The second-order valence-electron chi connectivity index (χ2n) is 4.88. The minimum absolute atomic E-state index is 0. The number of carbonyl (C=O) groups is 1. The average molecular weight is 336 g/mol. The molecule has 1 rings (SSSR count). The van der Waals surface area contributed by atoms with Crippen molar-refractivity contribution in [1.29, 1.82) is 0 Å². The number of amides is 1. The number of para-hydroxylation sites is 1. The lowest BCUT2D eigenvalue weighted by atomic mass is 10.1. The molecule has 0 heterocycles. The molecule has 1 atom stereocenters. The van der Waals surface area contributed by atoms with E-state index in [1.54, 1.807) is 0 Å². The number of halogens is 2. The van der Waals surface area contributed by atoms with Crippen LogP contribution >= 0.6 is 24.8 Å². The van der Waals surface area contributed by atoms with Crippen molar-refractivity contribution in [3.63, 3.8) is 0 Å². The van der Waals surface area contributed by atoms with Crippen molar-refractivity contribution < 1.29 is 4.79 Å². The second-order valence-corrected chi connectivity index (χ2v) is 4.88. The monoisotopic (exact) mass is 335 g/mol. The minimum atomic E-state index is 0. The van der Waals surface area contributed by atoms with E-state index in [1.165, 1.54) is 0 Å². The number of hydrogen-bond donors (Lipinski definition) is 3. The summed E-state index contributed by atoms with van der Waals surface area (Å²) >= 11 is 0. The first-order chi connectivity index (χ1) is 9.04. The van der Waals surface area contributed by atoms with Gasteiger partial charge in [-0.3, -0.25) is 4.79 Å². The van der Waals surface area contributed by atoms with Gasteiger partial charge in [0.25, 0.3) is 0 Å². The predicted molar refractivity (Wildman–Crippen MR) is 95.1 cm³/mol. The summed E-state index contributed by atoms with van der Waals surface area (Å²) < 4.78 is 0. The zero-order valence-electron chi connectivity index (χ0n) is 13.2. The molecule has 0 fully saturated rings. The van der Waals surface area contributed by atoms with Crippen LogP contribution in [0, 0.1) is 13.8 Å². The molecule has 3 N–H and O–H groups in total. The van der Waals surface area contributed by atoms with Gasteiger partial charge in [0, 0.05) is 18.3 Å². The molecule has 4 nitrogen and oxygen atoms in total. The Hall–Kier alpha value is -0.970. The number of benzene rings is 1. The van der Waals surface area contributed by atoms with Crippen LogP contribution in [0.25, 0.3) is 0 Å².